The van der Waals surface area contributed by atoms with E-state index in [9.17, 15) is 9.46 Å². The molecular formula is C24H52NO3PSi. The van der Waals surface area contributed by atoms with Gasteiger partial charge in [0, 0.05) is 19.8 Å². The Labute approximate surface area is 188 Å². The van der Waals surface area contributed by atoms with E-state index in [2.05, 4.69) is 19.6 Å². The molecule has 0 bridgehead atoms. The van der Waals surface area contributed by atoms with Crippen LogP contribution in [0.15, 0.2) is 0 Å². The molecule has 6 heteroatoms. The van der Waals surface area contributed by atoms with E-state index < -0.39 is 15.7 Å². The Kier molecular flexibility index (Phi) is 13.7. The van der Waals surface area contributed by atoms with E-state index in [4.69, 9.17) is 10.3 Å². The topological polar surface area (TPSA) is 72.5 Å². The van der Waals surface area contributed by atoms with Gasteiger partial charge in [0.1, 0.15) is 0 Å². The van der Waals surface area contributed by atoms with Crippen molar-refractivity contribution in [3.05, 3.63) is 0 Å². The van der Waals surface area contributed by atoms with Gasteiger partial charge in [-0.1, -0.05) is 96.3 Å². The van der Waals surface area contributed by atoms with Gasteiger partial charge in [0.15, 0.2) is 0 Å². The van der Waals surface area contributed by atoms with Crippen LogP contribution in [0.3, 0.4) is 0 Å². The first kappa shape index (κ1) is 28.4. The molecule has 0 aromatic heterocycles. The third-order valence-corrected chi connectivity index (χ3v) is 10.2. The van der Waals surface area contributed by atoms with Crippen LogP contribution in [0.25, 0.3) is 0 Å². The van der Waals surface area contributed by atoms with Gasteiger partial charge in [-0.15, -0.1) is 0 Å². The lowest BCUT2D eigenvalue weighted by molar-refractivity contribution is 0.269. The maximum atomic E-state index is 11.9. The highest BCUT2D eigenvalue weighted by Crippen LogP contribution is 2.43. The van der Waals surface area contributed by atoms with Crippen LogP contribution < -0.4 is 5.73 Å². The Morgan fingerprint density at radius 2 is 1.53 bits per heavy atom. The van der Waals surface area contributed by atoms with E-state index >= 15 is 0 Å². The second kappa shape index (κ2) is 14.5. The molecule has 0 spiro atoms. The Bertz CT molecular complexity index is 491. The molecule has 0 radical (unpaired) electrons. The van der Waals surface area contributed by atoms with Gasteiger partial charge in [0.25, 0.3) is 0 Å². The van der Waals surface area contributed by atoms with E-state index in [1.165, 1.54) is 70.3 Å². The Hall–Kier alpha value is 0.327. The van der Waals surface area contributed by atoms with Gasteiger partial charge in [-0.25, -0.2) is 0 Å². The number of hydrogen-bond donors (Lipinski definition) is 2. The summed E-state index contributed by atoms with van der Waals surface area (Å²) in [5, 5.41) is 0. The molecule has 30 heavy (non-hydrogen) atoms. The quantitative estimate of drug-likeness (QED) is 0.132. The zero-order valence-electron chi connectivity index (χ0n) is 20.6. The maximum Gasteiger partial charge on any atom is 0.328 e. The molecule has 0 amide bonds. The zero-order valence-corrected chi connectivity index (χ0v) is 22.5. The SMILES string of the molecule is CCOP(=O)(O)CCCCC(N)(CCCCC1CCCCC1)CCCC[Si](C)(C)C. The lowest BCUT2D eigenvalue weighted by atomic mass is 9.81. The summed E-state index contributed by atoms with van der Waals surface area (Å²) in [5.41, 5.74) is 6.82. The summed E-state index contributed by atoms with van der Waals surface area (Å²) in [7, 11) is -4.38. The van der Waals surface area contributed by atoms with Crippen molar-refractivity contribution in [1.82, 2.24) is 0 Å². The van der Waals surface area contributed by atoms with Crippen molar-refractivity contribution in [2.75, 3.05) is 12.8 Å². The number of rotatable bonds is 17. The molecule has 0 aliphatic heterocycles. The molecule has 0 heterocycles. The zero-order chi connectivity index (χ0) is 22.5. The van der Waals surface area contributed by atoms with Crippen LogP contribution in [0.4, 0.5) is 0 Å². The van der Waals surface area contributed by atoms with E-state index in [0.717, 1.165) is 38.0 Å². The van der Waals surface area contributed by atoms with Crippen molar-refractivity contribution < 1.29 is 14.0 Å². The molecule has 0 aromatic carbocycles. The highest BCUT2D eigenvalue weighted by atomic mass is 31.2. The van der Waals surface area contributed by atoms with Crippen LogP contribution >= 0.6 is 7.60 Å². The van der Waals surface area contributed by atoms with Crippen molar-refractivity contribution in [1.29, 1.82) is 0 Å². The van der Waals surface area contributed by atoms with E-state index in [1.54, 1.807) is 6.92 Å². The molecule has 0 saturated heterocycles. The largest absolute Gasteiger partial charge is 0.328 e. The molecule has 180 valence electrons. The minimum absolute atomic E-state index is 0.100. The average Bonchev–Trinajstić information content (AvgIpc) is 2.66. The van der Waals surface area contributed by atoms with Gasteiger partial charge in [-0.3, -0.25) is 4.57 Å². The van der Waals surface area contributed by atoms with Crippen LogP contribution in [0.2, 0.25) is 25.7 Å². The molecule has 3 N–H and O–H groups in total. The maximum absolute atomic E-state index is 11.9. The molecule has 2 unspecified atom stereocenters. The number of unbranched alkanes of at least 4 members (excludes halogenated alkanes) is 3. The summed E-state index contributed by atoms with van der Waals surface area (Å²) in [6.07, 6.45) is 18.7. The summed E-state index contributed by atoms with van der Waals surface area (Å²) in [5.74, 6) is 0.958. The van der Waals surface area contributed by atoms with Crippen molar-refractivity contribution >= 4 is 15.7 Å². The molecule has 1 aliphatic rings. The van der Waals surface area contributed by atoms with Gasteiger partial charge < -0.3 is 15.2 Å². The van der Waals surface area contributed by atoms with Crippen LogP contribution in [-0.4, -0.2) is 31.3 Å². The molecule has 1 fully saturated rings. The lowest BCUT2D eigenvalue weighted by Gasteiger charge is -2.31. The van der Waals surface area contributed by atoms with E-state index in [1.807, 2.05) is 0 Å². The van der Waals surface area contributed by atoms with Crippen molar-refractivity contribution in [2.24, 2.45) is 11.7 Å². The number of hydrogen-bond acceptors (Lipinski definition) is 3. The van der Waals surface area contributed by atoms with Crippen molar-refractivity contribution in [3.8, 4) is 0 Å². The van der Waals surface area contributed by atoms with Gasteiger partial charge in [0.05, 0.1) is 6.61 Å². The smallest absolute Gasteiger partial charge is 0.325 e. The highest BCUT2D eigenvalue weighted by Gasteiger charge is 2.26. The standard InChI is InChI=1S/C24H52NO3PSi/c1-5-28-29(26,27)21-13-11-19-24(25,20-12-14-22-30(2,3)4)18-10-9-17-23-15-7-6-8-16-23/h23H,5-22,25H2,1-4H3,(H,26,27). The third kappa shape index (κ3) is 14.4. The predicted octanol–water partition coefficient (Wildman–Crippen LogP) is 7.73. The van der Waals surface area contributed by atoms with Crippen LogP contribution in [0, 0.1) is 5.92 Å². The Morgan fingerprint density at radius 1 is 0.967 bits per heavy atom. The van der Waals surface area contributed by atoms with Crippen molar-refractivity contribution in [3.63, 3.8) is 0 Å². The van der Waals surface area contributed by atoms with E-state index in [0.29, 0.717) is 6.61 Å². The first-order chi connectivity index (χ1) is 14.1. The first-order valence-corrected chi connectivity index (χ1v) is 18.3. The molecular weight excluding hydrogens is 409 g/mol. The second-order valence-corrected chi connectivity index (χ2v) is 18.7. The van der Waals surface area contributed by atoms with Crippen LogP contribution in [0.1, 0.15) is 103 Å². The molecule has 1 saturated carbocycles. The summed E-state index contributed by atoms with van der Waals surface area (Å²) < 4.78 is 16.9. The summed E-state index contributed by atoms with van der Waals surface area (Å²) in [4.78, 5) is 9.80. The molecule has 0 aromatic rings. The normalized spacial score (nSPS) is 20.1. The van der Waals surface area contributed by atoms with Crippen LogP contribution in [-0.2, 0) is 9.09 Å². The minimum Gasteiger partial charge on any atom is -0.325 e. The summed E-state index contributed by atoms with van der Waals surface area (Å²) >= 11 is 0. The Morgan fingerprint density at radius 3 is 2.10 bits per heavy atom. The van der Waals surface area contributed by atoms with Crippen molar-refractivity contribution in [2.45, 2.75) is 134 Å². The third-order valence-electron chi connectivity index (χ3n) is 6.81. The second-order valence-electron chi connectivity index (χ2n) is 11.1. The average molecular weight is 462 g/mol. The van der Waals surface area contributed by atoms with Gasteiger partial charge in [0.2, 0.25) is 0 Å². The molecule has 4 nitrogen and oxygen atoms in total. The van der Waals surface area contributed by atoms with E-state index in [-0.39, 0.29) is 11.7 Å². The fourth-order valence-electron chi connectivity index (χ4n) is 4.95. The number of nitrogens with two attached hydrogens (primary N) is 1. The summed E-state index contributed by atoms with van der Waals surface area (Å²) in [6, 6.07) is 1.38. The summed E-state index contributed by atoms with van der Waals surface area (Å²) in [6.45, 7) is 9.40. The monoisotopic (exact) mass is 461 g/mol. The van der Waals surface area contributed by atoms with Gasteiger partial charge in [-0.2, -0.15) is 0 Å². The predicted molar refractivity (Wildman–Crippen MR) is 134 cm³/mol. The van der Waals surface area contributed by atoms with Gasteiger partial charge in [-0.05, 0) is 38.5 Å². The minimum atomic E-state index is -3.40. The first-order valence-electron chi connectivity index (χ1n) is 12.8. The molecule has 1 rings (SSSR count). The molecule has 1 aliphatic carbocycles. The fourth-order valence-corrected chi connectivity index (χ4v) is 7.41. The van der Waals surface area contributed by atoms with Crippen LogP contribution in [0.5, 0.6) is 0 Å². The Balaban J connectivity index is 2.40. The highest BCUT2D eigenvalue weighted by molar-refractivity contribution is 7.52. The fraction of sp³-hybridized carbons (Fsp3) is 1.00. The molecule has 2 atom stereocenters. The lowest BCUT2D eigenvalue weighted by Crippen LogP contribution is -2.40. The van der Waals surface area contributed by atoms with Gasteiger partial charge >= 0.3 is 7.60 Å².